The summed E-state index contributed by atoms with van der Waals surface area (Å²) in [5, 5.41) is 3.00. The summed E-state index contributed by atoms with van der Waals surface area (Å²) in [5.41, 5.74) is 3.42. The molecule has 0 unspecified atom stereocenters. The fourth-order valence-corrected chi connectivity index (χ4v) is 2.31. The third-order valence-electron chi connectivity index (χ3n) is 3.30. The van der Waals surface area contributed by atoms with Crippen LogP contribution in [0.1, 0.15) is 30.9 Å². The van der Waals surface area contributed by atoms with Crippen LogP contribution >= 0.6 is 0 Å². The monoisotopic (exact) mass is 279 g/mol. The second-order valence-electron chi connectivity index (χ2n) is 5.34. The van der Waals surface area contributed by atoms with Crippen molar-refractivity contribution in [2.24, 2.45) is 0 Å². The van der Waals surface area contributed by atoms with Crippen LogP contribution in [0.5, 0.6) is 0 Å². The number of rotatable bonds is 5. The molecule has 2 aromatic rings. The molecule has 108 valence electrons. The summed E-state index contributed by atoms with van der Waals surface area (Å²) in [6.45, 7) is 4.44. The fourth-order valence-electron chi connectivity index (χ4n) is 2.31. The van der Waals surface area contributed by atoms with Gasteiger partial charge in [0.25, 0.3) is 0 Å². The Labute approximate surface area is 126 Å². The fraction of sp³-hybridized carbons (Fsp3) is 0.211. The summed E-state index contributed by atoms with van der Waals surface area (Å²) in [4.78, 5) is 11.8. The van der Waals surface area contributed by atoms with Crippen LogP contribution in [0, 0.1) is 0 Å². The van der Waals surface area contributed by atoms with E-state index in [4.69, 9.17) is 0 Å². The third-order valence-corrected chi connectivity index (χ3v) is 3.30. The zero-order chi connectivity index (χ0) is 15.1. The number of amides is 1. The van der Waals surface area contributed by atoms with Crippen LogP contribution in [-0.2, 0) is 4.79 Å². The van der Waals surface area contributed by atoms with E-state index < -0.39 is 0 Å². The van der Waals surface area contributed by atoms with Crippen molar-refractivity contribution >= 4 is 5.91 Å². The molecule has 0 heterocycles. The van der Waals surface area contributed by atoms with Crippen molar-refractivity contribution in [1.29, 1.82) is 0 Å². The topological polar surface area (TPSA) is 29.1 Å². The maximum Gasteiger partial charge on any atom is 0.243 e. The van der Waals surface area contributed by atoms with Crippen LogP contribution in [0.2, 0.25) is 0 Å². The van der Waals surface area contributed by atoms with E-state index in [0.29, 0.717) is 6.54 Å². The molecule has 2 aromatic carbocycles. The van der Waals surface area contributed by atoms with Gasteiger partial charge in [0.2, 0.25) is 5.91 Å². The van der Waals surface area contributed by atoms with E-state index in [1.807, 2.05) is 50.2 Å². The molecule has 0 aromatic heterocycles. The summed E-state index contributed by atoms with van der Waals surface area (Å²) >= 11 is 0. The molecule has 2 heteroatoms. The minimum Gasteiger partial charge on any atom is -0.352 e. The number of allylic oxidation sites excluding steroid dienone is 1. The highest BCUT2D eigenvalue weighted by molar-refractivity contribution is 5.88. The Hall–Kier alpha value is -2.35. The van der Waals surface area contributed by atoms with Crippen molar-refractivity contribution in [3.63, 3.8) is 0 Å². The van der Waals surface area contributed by atoms with Gasteiger partial charge in [-0.05, 0) is 25.0 Å². The zero-order valence-corrected chi connectivity index (χ0v) is 12.5. The minimum atomic E-state index is -0.0353. The van der Waals surface area contributed by atoms with E-state index in [2.05, 4.69) is 29.6 Å². The molecule has 0 bridgehead atoms. The van der Waals surface area contributed by atoms with E-state index in [-0.39, 0.29) is 11.8 Å². The van der Waals surface area contributed by atoms with Crippen molar-refractivity contribution in [1.82, 2.24) is 5.32 Å². The Kier molecular flexibility index (Phi) is 5.33. The first-order valence-electron chi connectivity index (χ1n) is 7.19. The first-order chi connectivity index (χ1) is 10.2. The number of carbonyl (C=O) groups excluding carboxylic acids is 1. The summed E-state index contributed by atoms with van der Waals surface area (Å²) in [6, 6.07) is 20.5. The Bertz CT molecular complexity index is 558. The Morgan fingerprint density at radius 3 is 1.86 bits per heavy atom. The van der Waals surface area contributed by atoms with Gasteiger partial charge in [-0.1, -0.05) is 66.2 Å². The van der Waals surface area contributed by atoms with Crippen LogP contribution in [0.3, 0.4) is 0 Å². The van der Waals surface area contributed by atoms with Crippen LogP contribution in [0.25, 0.3) is 0 Å². The summed E-state index contributed by atoms with van der Waals surface area (Å²) in [5.74, 6) is 0.133. The van der Waals surface area contributed by atoms with Gasteiger partial charge < -0.3 is 5.32 Å². The molecule has 1 N–H and O–H groups in total. The summed E-state index contributed by atoms with van der Waals surface area (Å²) in [6.07, 6.45) is 1.63. The number of hydrogen-bond acceptors (Lipinski definition) is 1. The first kappa shape index (κ1) is 15.0. The lowest BCUT2D eigenvalue weighted by atomic mass is 9.91. The molecule has 1 amide bonds. The third kappa shape index (κ3) is 4.60. The van der Waals surface area contributed by atoms with Gasteiger partial charge in [0.1, 0.15) is 0 Å². The second-order valence-corrected chi connectivity index (χ2v) is 5.34. The Morgan fingerprint density at radius 2 is 1.43 bits per heavy atom. The Morgan fingerprint density at radius 1 is 0.952 bits per heavy atom. The molecule has 0 aliphatic heterocycles. The number of hydrogen-bond donors (Lipinski definition) is 1. The standard InChI is InChI=1S/C19H21NO/c1-15(2)13-19(21)20-14-18(16-9-5-3-6-10-16)17-11-7-4-8-12-17/h3-13,18H,14H2,1-2H3,(H,20,21). The predicted molar refractivity (Wildman–Crippen MR) is 87.2 cm³/mol. The maximum absolute atomic E-state index is 11.8. The van der Waals surface area contributed by atoms with E-state index in [9.17, 15) is 4.79 Å². The molecule has 0 spiro atoms. The minimum absolute atomic E-state index is 0.0353. The number of carbonyl (C=O) groups is 1. The first-order valence-corrected chi connectivity index (χ1v) is 7.19. The van der Waals surface area contributed by atoms with E-state index >= 15 is 0 Å². The lowest BCUT2D eigenvalue weighted by Gasteiger charge is -2.18. The number of nitrogens with one attached hydrogen (secondary N) is 1. The van der Waals surface area contributed by atoms with Crippen LogP contribution in [-0.4, -0.2) is 12.5 Å². The molecular formula is C19H21NO. The van der Waals surface area contributed by atoms with Gasteiger partial charge in [-0.15, -0.1) is 0 Å². The highest BCUT2D eigenvalue weighted by atomic mass is 16.1. The van der Waals surface area contributed by atoms with Gasteiger partial charge in [0.15, 0.2) is 0 Å². The quantitative estimate of drug-likeness (QED) is 0.826. The van der Waals surface area contributed by atoms with Crippen molar-refractivity contribution in [2.75, 3.05) is 6.54 Å². The largest absolute Gasteiger partial charge is 0.352 e. The molecule has 0 saturated heterocycles. The summed E-state index contributed by atoms with van der Waals surface area (Å²) < 4.78 is 0. The molecule has 0 saturated carbocycles. The van der Waals surface area contributed by atoms with E-state index in [1.54, 1.807) is 6.08 Å². The van der Waals surface area contributed by atoms with E-state index in [1.165, 1.54) is 11.1 Å². The molecular weight excluding hydrogens is 258 g/mol. The van der Waals surface area contributed by atoms with Crippen LogP contribution in [0.4, 0.5) is 0 Å². The van der Waals surface area contributed by atoms with Crippen molar-refractivity contribution < 1.29 is 4.79 Å². The SMILES string of the molecule is CC(C)=CC(=O)NCC(c1ccccc1)c1ccccc1. The normalized spacial score (nSPS) is 10.2. The molecule has 0 atom stereocenters. The molecule has 0 fully saturated rings. The second kappa shape index (κ2) is 7.44. The molecule has 0 aliphatic carbocycles. The number of benzene rings is 2. The molecule has 0 radical (unpaired) electrons. The van der Waals surface area contributed by atoms with Crippen molar-refractivity contribution in [3.05, 3.63) is 83.4 Å². The average Bonchev–Trinajstić information content (AvgIpc) is 2.49. The predicted octanol–water partition coefficient (Wildman–Crippen LogP) is 3.90. The lowest BCUT2D eigenvalue weighted by molar-refractivity contribution is -0.116. The maximum atomic E-state index is 11.8. The smallest absolute Gasteiger partial charge is 0.243 e. The van der Waals surface area contributed by atoms with Gasteiger partial charge in [-0.3, -0.25) is 4.79 Å². The van der Waals surface area contributed by atoms with Crippen molar-refractivity contribution in [2.45, 2.75) is 19.8 Å². The molecule has 21 heavy (non-hydrogen) atoms. The van der Waals surface area contributed by atoms with Gasteiger partial charge in [-0.25, -0.2) is 0 Å². The van der Waals surface area contributed by atoms with Crippen LogP contribution in [0.15, 0.2) is 72.3 Å². The lowest BCUT2D eigenvalue weighted by Crippen LogP contribution is -2.27. The Balaban J connectivity index is 2.18. The highest BCUT2D eigenvalue weighted by Gasteiger charge is 2.14. The highest BCUT2D eigenvalue weighted by Crippen LogP contribution is 2.23. The molecule has 2 nitrogen and oxygen atoms in total. The van der Waals surface area contributed by atoms with Crippen molar-refractivity contribution in [3.8, 4) is 0 Å². The van der Waals surface area contributed by atoms with Gasteiger partial charge in [-0.2, -0.15) is 0 Å². The van der Waals surface area contributed by atoms with E-state index in [0.717, 1.165) is 5.57 Å². The van der Waals surface area contributed by atoms with Gasteiger partial charge in [0.05, 0.1) is 0 Å². The average molecular weight is 279 g/mol. The summed E-state index contributed by atoms with van der Waals surface area (Å²) in [7, 11) is 0. The molecule has 0 aliphatic rings. The zero-order valence-electron chi connectivity index (χ0n) is 12.5. The molecule has 2 rings (SSSR count). The van der Waals surface area contributed by atoms with Crippen LogP contribution < -0.4 is 5.32 Å². The van der Waals surface area contributed by atoms with Gasteiger partial charge >= 0.3 is 0 Å². The van der Waals surface area contributed by atoms with Gasteiger partial charge in [0, 0.05) is 18.5 Å².